The van der Waals surface area contributed by atoms with E-state index in [9.17, 15) is 23.2 Å². The number of amides is 1. The van der Waals surface area contributed by atoms with Crippen LogP contribution in [0.1, 0.15) is 46.4 Å². The zero-order chi connectivity index (χ0) is 25.2. The fourth-order valence-electron chi connectivity index (χ4n) is 2.87. The van der Waals surface area contributed by atoms with Gasteiger partial charge in [-0.05, 0) is 45.0 Å². The van der Waals surface area contributed by atoms with Crippen LogP contribution in [0.2, 0.25) is 5.02 Å². The van der Waals surface area contributed by atoms with Crippen LogP contribution in [0, 0.1) is 17.0 Å². The lowest BCUT2D eigenvalue weighted by molar-refractivity contribution is -0.161. The van der Waals surface area contributed by atoms with Gasteiger partial charge in [0.1, 0.15) is 11.5 Å². The van der Waals surface area contributed by atoms with Gasteiger partial charge in [0.25, 0.3) is 0 Å². The summed E-state index contributed by atoms with van der Waals surface area (Å²) in [5.41, 5.74) is 4.15. The van der Waals surface area contributed by atoms with E-state index in [1.54, 1.807) is 39.0 Å². The van der Waals surface area contributed by atoms with Gasteiger partial charge in [-0.3, -0.25) is 9.59 Å². The van der Waals surface area contributed by atoms with Crippen LogP contribution < -0.4 is 10.5 Å². The van der Waals surface area contributed by atoms with Crippen LogP contribution in [0.15, 0.2) is 30.3 Å². The first-order chi connectivity index (χ1) is 15.9. The van der Waals surface area contributed by atoms with Gasteiger partial charge >= 0.3 is 11.9 Å². The van der Waals surface area contributed by atoms with Crippen molar-refractivity contribution in [2.24, 2.45) is 11.1 Å². The summed E-state index contributed by atoms with van der Waals surface area (Å²) in [7, 11) is 0. The van der Waals surface area contributed by atoms with Crippen LogP contribution in [0.5, 0.6) is 5.75 Å². The predicted molar refractivity (Wildman–Crippen MR) is 122 cm³/mol. The molecular weight excluding hydrogens is 492 g/mol. The summed E-state index contributed by atoms with van der Waals surface area (Å²) in [4.78, 5) is 35.9. The number of esters is 2. The Morgan fingerprint density at radius 1 is 1.09 bits per heavy atom. The Morgan fingerprint density at radius 2 is 1.74 bits per heavy atom. The molecule has 180 valence electrons. The Labute approximate surface area is 202 Å². The lowest BCUT2D eigenvalue weighted by Gasteiger charge is -2.16. The number of fused-ring (bicyclic) bond motifs is 1. The van der Waals surface area contributed by atoms with Gasteiger partial charge in [0.2, 0.25) is 12.7 Å². The van der Waals surface area contributed by atoms with E-state index in [0.29, 0.717) is 10.1 Å². The topological polar surface area (TPSA) is 105 Å². The van der Waals surface area contributed by atoms with E-state index in [2.05, 4.69) is 0 Å². The van der Waals surface area contributed by atoms with Crippen LogP contribution in [-0.4, -0.2) is 24.6 Å². The molecule has 3 rings (SSSR count). The zero-order valence-electron chi connectivity index (χ0n) is 18.4. The minimum absolute atomic E-state index is 0.0597. The zero-order valence-corrected chi connectivity index (χ0v) is 19.9. The van der Waals surface area contributed by atoms with Gasteiger partial charge in [-0.1, -0.05) is 17.7 Å². The monoisotopic (exact) mass is 511 g/mol. The highest BCUT2D eigenvalue weighted by molar-refractivity contribution is 7.21. The van der Waals surface area contributed by atoms with Gasteiger partial charge in [-0.15, -0.1) is 11.3 Å². The molecule has 0 saturated carbocycles. The maximum absolute atomic E-state index is 14.4. The van der Waals surface area contributed by atoms with Crippen molar-refractivity contribution in [3.8, 4) is 5.75 Å². The third-order valence-corrected chi connectivity index (χ3v) is 6.08. The van der Waals surface area contributed by atoms with Gasteiger partial charge in [0.05, 0.1) is 5.41 Å². The molecule has 1 amide bonds. The summed E-state index contributed by atoms with van der Waals surface area (Å²) < 4.78 is 44.7. The molecule has 0 aliphatic carbocycles. The summed E-state index contributed by atoms with van der Waals surface area (Å²) in [5, 5.41) is 0.734. The molecule has 0 fully saturated rings. The molecule has 7 nitrogen and oxygen atoms in total. The standard InChI is InChI=1S/C23H20ClF2NO6S/c1-23(2,3)22(30)33-10-32-21(29)19-12(17-13(24)5-4-6-16(17)34-19)9-31-18-14(25)7-11(20(27)28)8-15(18)26/h4-8H,9-10H2,1-3H3,(H2,27,28). The van der Waals surface area contributed by atoms with Crippen LogP contribution >= 0.6 is 22.9 Å². The molecule has 0 unspecified atom stereocenters. The minimum atomic E-state index is -1.14. The number of hydrogen-bond donors (Lipinski definition) is 1. The van der Waals surface area contributed by atoms with Gasteiger partial charge in [-0.2, -0.15) is 0 Å². The molecule has 0 radical (unpaired) electrons. The van der Waals surface area contributed by atoms with E-state index in [1.165, 1.54) is 0 Å². The van der Waals surface area contributed by atoms with Gasteiger partial charge in [0, 0.05) is 26.2 Å². The maximum Gasteiger partial charge on any atom is 0.351 e. The van der Waals surface area contributed by atoms with Crippen LogP contribution in [0.25, 0.3) is 10.1 Å². The highest BCUT2D eigenvalue weighted by atomic mass is 35.5. The molecule has 34 heavy (non-hydrogen) atoms. The van der Waals surface area contributed by atoms with Crippen molar-refractivity contribution in [1.29, 1.82) is 0 Å². The molecule has 2 aromatic carbocycles. The average molecular weight is 512 g/mol. The first kappa shape index (κ1) is 25.4. The number of hydrogen-bond acceptors (Lipinski definition) is 7. The van der Waals surface area contributed by atoms with Crippen LogP contribution in [0.4, 0.5) is 8.78 Å². The minimum Gasteiger partial charge on any atom is -0.483 e. The van der Waals surface area contributed by atoms with E-state index in [4.69, 9.17) is 31.5 Å². The Kier molecular flexibility index (Phi) is 7.42. The fourth-order valence-corrected chi connectivity index (χ4v) is 4.35. The lowest BCUT2D eigenvalue weighted by atomic mass is 9.98. The number of rotatable bonds is 7. The number of carbonyl (C=O) groups excluding carboxylic acids is 3. The second-order valence-corrected chi connectivity index (χ2v) is 9.64. The Balaban J connectivity index is 1.89. The molecule has 11 heteroatoms. The number of ether oxygens (including phenoxy) is 3. The average Bonchev–Trinajstić information content (AvgIpc) is 3.12. The highest BCUT2D eigenvalue weighted by Crippen LogP contribution is 2.37. The number of halogens is 3. The quantitative estimate of drug-likeness (QED) is 0.344. The SMILES string of the molecule is CC(C)(C)C(=O)OCOC(=O)c1sc2cccc(Cl)c2c1COc1c(F)cc(C(N)=O)cc1F. The summed E-state index contributed by atoms with van der Waals surface area (Å²) in [6, 6.07) is 6.46. The molecule has 0 saturated heterocycles. The molecular formula is C23H20ClF2NO6S. The molecule has 0 aliphatic heterocycles. The van der Waals surface area contributed by atoms with E-state index in [-0.39, 0.29) is 21.0 Å². The van der Waals surface area contributed by atoms with E-state index in [1.807, 2.05) is 0 Å². The van der Waals surface area contributed by atoms with E-state index >= 15 is 0 Å². The normalized spacial score (nSPS) is 11.4. The van der Waals surface area contributed by atoms with Crippen molar-refractivity contribution in [2.45, 2.75) is 27.4 Å². The first-order valence-electron chi connectivity index (χ1n) is 9.86. The number of thiophene rings is 1. The Hall–Kier alpha value is -3.24. The first-order valence-corrected chi connectivity index (χ1v) is 11.1. The third-order valence-electron chi connectivity index (χ3n) is 4.58. The van der Waals surface area contributed by atoms with Gasteiger partial charge < -0.3 is 19.9 Å². The number of carbonyl (C=O) groups is 3. The van der Waals surface area contributed by atoms with Crippen molar-refractivity contribution in [2.75, 3.05) is 6.79 Å². The largest absolute Gasteiger partial charge is 0.483 e. The number of primary amides is 1. The molecule has 2 N–H and O–H groups in total. The van der Waals surface area contributed by atoms with Gasteiger partial charge in [-0.25, -0.2) is 13.6 Å². The molecule has 1 heterocycles. The summed E-state index contributed by atoms with van der Waals surface area (Å²) in [6.07, 6.45) is 0. The predicted octanol–water partition coefficient (Wildman–Crippen LogP) is 5.21. The van der Waals surface area contributed by atoms with Gasteiger partial charge in [0.15, 0.2) is 17.4 Å². The molecule has 3 aromatic rings. The smallest absolute Gasteiger partial charge is 0.351 e. The van der Waals surface area contributed by atoms with Crippen molar-refractivity contribution in [3.05, 3.63) is 63.0 Å². The lowest BCUT2D eigenvalue weighted by Crippen LogP contribution is -2.24. The van der Waals surface area contributed by atoms with Crippen LogP contribution in [-0.2, 0) is 20.9 Å². The second-order valence-electron chi connectivity index (χ2n) is 8.18. The van der Waals surface area contributed by atoms with E-state index in [0.717, 1.165) is 23.5 Å². The third kappa shape index (κ3) is 5.45. The fraction of sp³-hybridized carbons (Fsp3) is 0.261. The van der Waals surface area contributed by atoms with Crippen molar-refractivity contribution in [1.82, 2.24) is 0 Å². The van der Waals surface area contributed by atoms with Crippen LogP contribution in [0.3, 0.4) is 0 Å². The summed E-state index contributed by atoms with van der Waals surface area (Å²) in [5.74, 6) is -5.43. The molecule has 0 spiro atoms. The summed E-state index contributed by atoms with van der Waals surface area (Å²) in [6.45, 7) is 3.88. The molecule has 1 aromatic heterocycles. The number of nitrogens with two attached hydrogens (primary N) is 1. The second kappa shape index (κ2) is 9.94. The Morgan fingerprint density at radius 3 is 2.32 bits per heavy atom. The van der Waals surface area contributed by atoms with Crippen molar-refractivity contribution in [3.63, 3.8) is 0 Å². The molecule has 0 aliphatic rings. The summed E-state index contributed by atoms with van der Waals surface area (Å²) >= 11 is 7.34. The maximum atomic E-state index is 14.4. The molecule has 0 atom stereocenters. The molecule has 0 bridgehead atoms. The van der Waals surface area contributed by atoms with Crippen molar-refractivity contribution >= 4 is 50.9 Å². The van der Waals surface area contributed by atoms with Crippen molar-refractivity contribution < 1.29 is 37.4 Å². The van der Waals surface area contributed by atoms with E-state index < -0.39 is 54.0 Å². The highest BCUT2D eigenvalue weighted by Gasteiger charge is 2.26. The Bertz CT molecular complexity index is 1260. The number of benzene rings is 2.